The van der Waals surface area contributed by atoms with Crippen molar-refractivity contribution in [2.45, 2.75) is 45.3 Å². The molecule has 2 aromatic rings. The molecule has 2 amide bonds. The number of benzene rings is 2. The molecule has 0 unspecified atom stereocenters. The van der Waals surface area contributed by atoms with E-state index in [9.17, 15) is 14.0 Å². The van der Waals surface area contributed by atoms with Crippen molar-refractivity contribution in [2.75, 3.05) is 18.4 Å². The SMILES string of the molecule is Cc1ccc(C)c(CC(=O)Nc2cc(F)cc(C(=O)N3C[C@H]4CC[C@@H](C3)O4)c2)c1. The van der Waals surface area contributed by atoms with Crippen molar-refractivity contribution in [3.63, 3.8) is 0 Å². The van der Waals surface area contributed by atoms with E-state index in [-0.39, 0.29) is 36.0 Å². The molecule has 1 N–H and O–H groups in total. The number of carbonyl (C=O) groups excluding carboxylic acids is 2. The third-order valence-corrected chi connectivity index (χ3v) is 5.61. The maximum absolute atomic E-state index is 14.2. The van der Waals surface area contributed by atoms with Crippen molar-refractivity contribution in [3.05, 3.63) is 64.5 Å². The van der Waals surface area contributed by atoms with E-state index < -0.39 is 5.82 Å². The van der Waals surface area contributed by atoms with Gasteiger partial charge in [0, 0.05) is 24.3 Å². The number of nitrogens with zero attached hydrogens (tertiary/aromatic N) is 1. The van der Waals surface area contributed by atoms with Crippen LogP contribution in [-0.4, -0.2) is 42.0 Å². The maximum atomic E-state index is 14.2. The summed E-state index contributed by atoms with van der Waals surface area (Å²) in [6.45, 7) is 4.99. The average molecular weight is 396 g/mol. The van der Waals surface area contributed by atoms with Gasteiger partial charge >= 0.3 is 0 Å². The average Bonchev–Trinajstić information content (AvgIpc) is 3.01. The summed E-state index contributed by atoms with van der Waals surface area (Å²) < 4.78 is 19.9. The highest BCUT2D eigenvalue weighted by Gasteiger charge is 2.36. The molecule has 2 bridgehead atoms. The van der Waals surface area contributed by atoms with Gasteiger partial charge in [-0.25, -0.2) is 4.39 Å². The lowest BCUT2D eigenvalue weighted by Gasteiger charge is -2.32. The van der Waals surface area contributed by atoms with Crippen molar-refractivity contribution in [2.24, 2.45) is 0 Å². The topological polar surface area (TPSA) is 58.6 Å². The number of fused-ring (bicyclic) bond motifs is 2. The molecular formula is C23H25FN2O3. The largest absolute Gasteiger partial charge is 0.371 e. The summed E-state index contributed by atoms with van der Waals surface area (Å²) in [6.07, 6.45) is 2.25. The van der Waals surface area contributed by atoms with Gasteiger partial charge in [-0.05, 0) is 56.0 Å². The first-order valence-corrected chi connectivity index (χ1v) is 9.98. The molecule has 6 heteroatoms. The Kier molecular flexibility index (Phi) is 5.37. The number of ether oxygens (including phenoxy) is 1. The summed E-state index contributed by atoms with van der Waals surface area (Å²) in [5.41, 5.74) is 3.58. The number of likely N-dealkylation sites (tertiary alicyclic amines) is 1. The Bertz CT molecular complexity index is 947. The van der Waals surface area contributed by atoms with Crippen molar-refractivity contribution in [1.82, 2.24) is 4.90 Å². The summed E-state index contributed by atoms with van der Waals surface area (Å²) in [6, 6.07) is 9.96. The summed E-state index contributed by atoms with van der Waals surface area (Å²) in [7, 11) is 0. The second kappa shape index (κ2) is 7.95. The molecular weight excluding hydrogens is 371 g/mol. The van der Waals surface area contributed by atoms with Crippen LogP contribution in [0.1, 0.15) is 39.9 Å². The molecule has 0 saturated carbocycles. The highest BCUT2D eigenvalue weighted by molar-refractivity contribution is 5.97. The lowest BCUT2D eigenvalue weighted by Crippen LogP contribution is -2.45. The Morgan fingerprint density at radius 1 is 1.10 bits per heavy atom. The molecule has 2 aliphatic rings. The number of rotatable bonds is 4. The molecule has 2 heterocycles. The number of hydrogen-bond acceptors (Lipinski definition) is 3. The normalized spacial score (nSPS) is 20.6. The lowest BCUT2D eigenvalue weighted by molar-refractivity contribution is -0.115. The molecule has 2 atom stereocenters. The third-order valence-electron chi connectivity index (χ3n) is 5.61. The minimum atomic E-state index is -0.547. The van der Waals surface area contributed by atoms with Crippen molar-refractivity contribution < 1.29 is 18.7 Å². The van der Waals surface area contributed by atoms with E-state index >= 15 is 0 Å². The van der Waals surface area contributed by atoms with Crippen LogP contribution in [-0.2, 0) is 16.0 Å². The maximum Gasteiger partial charge on any atom is 0.254 e. The molecule has 2 fully saturated rings. The van der Waals surface area contributed by atoms with Crippen LogP contribution in [0.5, 0.6) is 0 Å². The zero-order chi connectivity index (χ0) is 20.5. The molecule has 5 nitrogen and oxygen atoms in total. The fourth-order valence-corrected chi connectivity index (χ4v) is 4.12. The molecule has 4 rings (SSSR count). The number of nitrogens with one attached hydrogen (secondary N) is 1. The van der Waals surface area contributed by atoms with Crippen molar-refractivity contribution >= 4 is 17.5 Å². The first-order chi connectivity index (χ1) is 13.9. The Labute approximate surface area is 169 Å². The number of hydrogen-bond donors (Lipinski definition) is 1. The van der Waals surface area contributed by atoms with Gasteiger partial charge in [-0.2, -0.15) is 0 Å². The predicted octanol–water partition coefficient (Wildman–Crippen LogP) is 3.63. The number of aryl methyl sites for hydroxylation is 2. The van der Waals surface area contributed by atoms with Gasteiger partial charge in [0.1, 0.15) is 5.82 Å². The molecule has 152 valence electrons. The van der Waals surface area contributed by atoms with E-state index in [1.165, 1.54) is 12.1 Å². The first kappa shape index (κ1) is 19.6. The molecule has 29 heavy (non-hydrogen) atoms. The van der Waals surface area contributed by atoms with Gasteiger partial charge in [0.05, 0.1) is 18.6 Å². The van der Waals surface area contributed by atoms with E-state index in [1.807, 2.05) is 32.0 Å². The fraction of sp³-hybridized carbons (Fsp3) is 0.391. The van der Waals surface area contributed by atoms with Gasteiger partial charge in [-0.3, -0.25) is 9.59 Å². The Hall–Kier alpha value is -2.73. The summed E-state index contributed by atoms with van der Waals surface area (Å²) in [4.78, 5) is 27.1. The Morgan fingerprint density at radius 2 is 1.83 bits per heavy atom. The number of anilines is 1. The smallest absolute Gasteiger partial charge is 0.254 e. The zero-order valence-electron chi connectivity index (χ0n) is 16.7. The van der Waals surface area contributed by atoms with Crippen LogP contribution < -0.4 is 5.32 Å². The highest BCUT2D eigenvalue weighted by atomic mass is 19.1. The first-order valence-electron chi connectivity index (χ1n) is 9.98. The number of morpholine rings is 1. The number of halogens is 1. The molecule has 0 aliphatic carbocycles. The van der Waals surface area contributed by atoms with E-state index in [2.05, 4.69) is 5.32 Å². The van der Waals surface area contributed by atoms with E-state index in [0.717, 1.165) is 29.5 Å². The van der Waals surface area contributed by atoms with Gasteiger partial charge in [0.25, 0.3) is 5.91 Å². The number of carbonyl (C=O) groups is 2. The molecule has 0 radical (unpaired) electrons. The Morgan fingerprint density at radius 3 is 2.55 bits per heavy atom. The molecule has 2 aromatic carbocycles. The monoisotopic (exact) mass is 396 g/mol. The van der Waals surface area contributed by atoms with Gasteiger partial charge < -0.3 is 15.0 Å². The van der Waals surface area contributed by atoms with Crippen molar-refractivity contribution in [3.8, 4) is 0 Å². The zero-order valence-corrected chi connectivity index (χ0v) is 16.7. The van der Waals surface area contributed by atoms with Gasteiger partial charge in [0.15, 0.2) is 0 Å². The van der Waals surface area contributed by atoms with Gasteiger partial charge in [-0.15, -0.1) is 0 Å². The second-order valence-electron chi connectivity index (χ2n) is 8.05. The minimum Gasteiger partial charge on any atom is -0.371 e. The molecule has 0 spiro atoms. The van der Waals surface area contributed by atoms with E-state index in [1.54, 1.807) is 11.0 Å². The highest BCUT2D eigenvalue weighted by Crippen LogP contribution is 2.27. The van der Waals surface area contributed by atoms with Crippen LogP contribution in [0.15, 0.2) is 36.4 Å². The van der Waals surface area contributed by atoms with Crippen LogP contribution in [0.4, 0.5) is 10.1 Å². The van der Waals surface area contributed by atoms with E-state index in [0.29, 0.717) is 18.8 Å². The predicted molar refractivity (Wildman–Crippen MR) is 108 cm³/mol. The quantitative estimate of drug-likeness (QED) is 0.859. The van der Waals surface area contributed by atoms with E-state index in [4.69, 9.17) is 4.74 Å². The van der Waals surface area contributed by atoms with Crippen LogP contribution in [0.2, 0.25) is 0 Å². The van der Waals surface area contributed by atoms with Crippen LogP contribution in [0.25, 0.3) is 0 Å². The third kappa shape index (κ3) is 4.48. The fourth-order valence-electron chi connectivity index (χ4n) is 4.12. The van der Waals surface area contributed by atoms with Crippen LogP contribution in [0.3, 0.4) is 0 Å². The lowest BCUT2D eigenvalue weighted by atomic mass is 10.0. The number of amides is 2. The summed E-state index contributed by atoms with van der Waals surface area (Å²) in [5, 5.41) is 2.73. The molecule has 2 aliphatic heterocycles. The van der Waals surface area contributed by atoms with Gasteiger partial charge in [0.2, 0.25) is 5.91 Å². The van der Waals surface area contributed by atoms with Gasteiger partial charge in [-0.1, -0.05) is 23.8 Å². The van der Waals surface area contributed by atoms with Crippen LogP contribution >= 0.6 is 0 Å². The molecule has 0 aromatic heterocycles. The summed E-state index contributed by atoms with van der Waals surface area (Å²) >= 11 is 0. The standard InChI is InChI=1S/C23H25FN2O3/c1-14-3-4-15(2)16(7-14)10-22(27)25-19-9-17(8-18(24)11-19)23(28)26-12-20-5-6-21(13-26)29-20/h3-4,7-9,11,20-21H,5-6,10,12-13H2,1-2H3,(H,25,27)/t20-,21+. The van der Waals surface area contributed by atoms with Crippen molar-refractivity contribution in [1.29, 1.82) is 0 Å². The Balaban J connectivity index is 1.47. The second-order valence-corrected chi connectivity index (χ2v) is 8.05. The van der Waals surface area contributed by atoms with Crippen LogP contribution in [0, 0.1) is 19.7 Å². The molecule has 2 saturated heterocycles. The summed E-state index contributed by atoms with van der Waals surface area (Å²) in [5.74, 6) is -1.02. The minimum absolute atomic E-state index is 0.0722.